The van der Waals surface area contributed by atoms with Crippen molar-refractivity contribution in [3.63, 3.8) is 0 Å². The van der Waals surface area contributed by atoms with E-state index in [2.05, 4.69) is 13.8 Å². The Labute approximate surface area is 276 Å². The minimum atomic E-state index is -1.03. The van der Waals surface area contributed by atoms with Crippen molar-refractivity contribution >= 4 is 5.78 Å². The van der Waals surface area contributed by atoms with E-state index in [0.29, 0.717) is 19.3 Å². The van der Waals surface area contributed by atoms with Crippen LogP contribution in [0.15, 0.2) is 119 Å². The van der Waals surface area contributed by atoms with Gasteiger partial charge in [0, 0.05) is 16.8 Å². The number of rotatable bonds is 12. The molecule has 0 aromatic carbocycles. The van der Waals surface area contributed by atoms with Crippen LogP contribution in [0, 0.1) is 26.4 Å². The van der Waals surface area contributed by atoms with E-state index in [-0.39, 0.29) is 16.1 Å². The molecule has 2 rings (SSSR count). The average Bonchev–Trinajstić information content (AvgIpc) is 3.14. The number of ketones is 1. The maximum absolute atomic E-state index is 12.9. The van der Waals surface area contributed by atoms with Gasteiger partial charge < -0.3 is 10.2 Å². The minimum absolute atomic E-state index is 0.0665. The smallest absolute Gasteiger partial charge is 0.247 e. The number of hydrogen-bond donors (Lipinski definition) is 2. The third-order valence-corrected chi connectivity index (χ3v) is 9.70. The van der Waals surface area contributed by atoms with Gasteiger partial charge in [-0.25, -0.2) is 0 Å². The standard InChI is InChI=1S/C40H55NO5/c1-28(17-13-19-30(3)21-23-34-32(5)25-35(43)37(41(45)46)39(34,8)9)15-11-12-16-29(2)18-14-20-31(4)22-24-36(44)40(10)27-33(42)26-38(40,6)7/h11-24,33,35,37,42-43H,25-27H2,1-10H3/b12-11+,17-13+,18-14+,23-21+,24-22+,28-15+,29-16+,30-19+,31-20+/t33-,35+,37?,40-/m0/s1. The van der Waals surface area contributed by atoms with E-state index in [1.165, 1.54) is 0 Å². The predicted molar refractivity (Wildman–Crippen MR) is 191 cm³/mol. The van der Waals surface area contributed by atoms with Gasteiger partial charge in [0.25, 0.3) is 0 Å². The first kappa shape index (κ1) is 38.6. The van der Waals surface area contributed by atoms with Crippen LogP contribution in [0.25, 0.3) is 0 Å². The molecule has 0 saturated heterocycles. The summed E-state index contributed by atoms with van der Waals surface area (Å²) >= 11 is 0. The molecule has 0 aliphatic heterocycles. The highest BCUT2D eigenvalue weighted by Gasteiger charge is 2.53. The van der Waals surface area contributed by atoms with Gasteiger partial charge in [0.15, 0.2) is 5.78 Å². The molecule has 2 aliphatic rings. The van der Waals surface area contributed by atoms with Gasteiger partial charge in [-0.1, -0.05) is 128 Å². The van der Waals surface area contributed by atoms with Crippen LogP contribution >= 0.6 is 0 Å². The Morgan fingerprint density at radius 1 is 0.761 bits per heavy atom. The fourth-order valence-electron chi connectivity index (χ4n) is 6.50. The van der Waals surface area contributed by atoms with Crippen LogP contribution in [0.2, 0.25) is 0 Å². The second-order valence-corrected chi connectivity index (χ2v) is 14.5. The van der Waals surface area contributed by atoms with Crippen LogP contribution in [0.4, 0.5) is 0 Å². The Morgan fingerprint density at radius 3 is 1.72 bits per heavy atom. The topological polar surface area (TPSA) is 101 Å². The highest BCUT2D eigenvalue weighted by Crippen LogP contribution is 2.53. The van der Waals surface area contributed by atoms with Gasteiger partial charge in [0.2, 0.25) is 6.04 Å². The summed E-state index contributed by atoms with van der Waals surface area (Å²) in [4.78, 5) is 24.2. The normalized spacial score (nSPS) is 28.2. The Morgan fingerprint density at radius 2 is 1.24 bits per heavy atom. The van der Waals surface area contributed by atoms with Crippen molar-refractivity contribution < 1.29 is 19.9 Å². The largest absolute Gasteiger partial charge is 0.393 e. The number of nitro groups is 1. The molecule has 6 nitrogen and oxygen atoms in total. The van der Waals surface area contributed by atoms with Crippen molar-refractivity contribution in [2.45, 2.75) is 107 Å². The van der Waals surface area contributed by atoms with E-state index in [0.717, 1.165) is 33.4 Å². The summed E-state index contributed by atoms with van der Waals surface area (Å²) in [5.74, 6) is 0.0665. The van der Waals surface area contributed by atoms with Crippen molar-refractivity contribution in [2.75, 3.05) is 0 Å². The van der Waals surface area contributed by atoms with Gasteiger partial charge in [0.1, 0.15) is 6.10 Å². The van der Waals surface area contributed by atoms with E-state index in [4.69, 9.17) is 0 Å². The zero-order valence-corrected chi connectivity index (χ0v) is 29.5. The average molecular weight is 630 g/mol. The number of allylic oxidation sites excluding steroid dienone is 18. The number of aliphatic hydroxyl groups is 2. The van der Waals surface area contributed by atoms with Crippen molar-refractivity contribution in [1.82, 2.24) is 0 Å². The molecule has 0 aromatic rings. The lowest BCUT2D eigenvalue weighted by Crippen LogP contribution is -2.49. The Kier molecular flexibility index (Phi) is 13.7. The van der Waals surface area contributed by atoms with E-state index < -0.39 is 29.1 Å². The molecule has 0 bridgehead atoms. The van der Waals surface area contributed by atoms with Gasteiger partial charge >= 0.3 is 0 Å². The molecule has 250 valence electrons. The van der Waals surface area contributed by atoms with Crippen LogP contribution < -0.4 is 0 Å². The van der Waals surface area contributed by atoms with Crippen LogP contribution in [-0.4, -0.2) is 39.2 Å². The van der Waals surface area contributed by atoms with Gasteiger partial charge in [-0.3, -0.25) is 14.9 Å². The molecule has 0 spiro atoms. The van der Waals surface area contributed by atoms with Crippen molar-refractivity contribution in [2.24, 2.45) is 16.2 Å². The number of nitrogens with zero attached hydrogens (tertiary/aromatic N) is 1. The monoisotopic (exact) mass is 629 g/mol. The quantitative estimate of drug-likeness (QED) is 0.0971. The summed E-state index contributed by atoms with van der Waals surface area (Å²) in [6, 6.07) is -1.03. The first-order valence-electron chi connectivity index (χ1n) is 16.1. The lowest BCUT2D eigenvalue weighted by atomic mass is 9.66. The first-order valence-corrected chi connectivity index (χ1v) is 16.1. The van der Waals surface area contributed by atoms with Crippen LogP contribution in [-0.2, 0) is 4.79 Å². The Balaban J connectivity index is 1.93. The molecule has 0 aromatic heterocycles. The molecule has 2 aliphatic carbocycles. The molecule has 0 heterocycles. The molecule has 2 N–H and O–H groups in total. The van der Waals surface area contributed by atoms with E-state index in [9.17, 15) is 25.1 Å². The number of hydrogen-bond acceptors (Lipinski definition) is 5. The molecule has 1 unspecified atom stereocenters. The summed E-state index contributed by atoms with van der Waals surface area (Å²) in [6.07, 6.45) is 27.5. The van der Waals surface area contributed by atoms with E-state index in [1.54, 1.807) is 6.08 Å². The van der Waals surface area contributed by atoms with Crippen molar-refractivity contribution in [1.29, 1.82) is 0 Å². The summed E-state index contributed by atoms with van der Waals surface area (Å²) in [5, 5.41) is 32.0. The summed E-state index contributed by atoms with van der Waals surface area (Å²) < 4.78 is 0. The predicted octanol–water partition coefficient (Wildman–Crippen LogP) is 9.06. The summed E-state index contributed by atoms with van der Waals surface area (Å²) in [6.45, 7) is 19.7. The second kappa shape index (κ2) is 16.3. The molecular weight excluding hydrogens is 574 g/mol. The third-order valence-electron chi connectivity index (χ3n) is 9.70. The van der Waals surface area contributed by atoms with Gasteiger partial charge in [0.05, 0.1) is 11.5 Å². The summed E-state index contributed by atoms with van der Waals surface area (Å²) in [7, 11) is 0. The zero-order valence-electron chi connectivity index (χ0n) is 29.5. The second-order valence-electron chi connectivity index (χ2n) is 14.5. The maximum Gasteiger partial charge on any atom is 0.247 e. The number of aliphatic hydroxyl groups excluding tert-OH is 2. The Bertz CT molecular complexity index is 1450. The third kappa shape index (κ3) is 10.2. The van der Waals surface area contributed by atoms with E-state index >= 15 is 0 Å². The SMILES string of the molecule is CC1=C(/C=C/C(C)=C/C=C/C(C)=C/C=C/C=C(C)/C=C/C=C(C)/C=C/C(=O)[C@]2(C)C[C@@H](O)CC2(C)C)C(C)(C)C([N+](=O)[O-])[C@H](O)C1. The molecule has 46 heavy (non-hydrogen) atoms. The molecule has 0 amide bonds. The maximum atomic E-state index is 12.9. The van der Waals surface area contributed by atoms with Gasteiger partial charge in [-0.2, -0.15) is 0 Å². The lowest BCUT2D eigenvalue weighted by molar-refractivity contribution is -0.551. The molecular formula is C40H55NO5. The van der Waals surface area contributed by atoms with E-state index in [1.807, 2.05) is 134 Å². The fourth-order valence-corrected chi connectivity index (χ4v) is 6.50. The van der Waals surface area contributed by atoms with Gasteiger partial charge in [-0.15, -0.1) is 0 Å². The van der Waals surface area contributed by atoms with Gasteiger partial charge in [-0.05, 0) is 78.4 Å². The zero-order chi connectivity index (χ0) is 34.9. The first-order chi connectivity index (χ1) is 21.3. The molecule has 6 heteroatoms. The molecule has 1 fully saturated rings. The Hall–Kier alpha value is -3.61. The fraction of sp³-hybridized carbons (Fsp3) is 0.475. The molecule has 1 saturated carbocycles. The minimum Gasteiger partial charge on any atom is -0.393 e. The van der Waals surface area contributed by atoms with Crippen molar-refractivity contribution in [3.05, 3.63) is 129 Å². The highest BCUT2D eigenvalue weighted by molar-refractivity contribution is 5.95. The molecule has 0 radical (unpaired) electrons. The number of carbonyl (C=O) groups is 1. The van der Waals surface area contributed by atoms with Crippen LogP contribution in [0.1, 0.15) is 88.5 Å². The summed E-state index contributed by atoms with van der Waals surface area (Å²) in [5.41, 5.74) is 4.51. The highest BCUT2D eigenvalue weighted by atomic mass is 16.6. The van der Waals surface area contributed by atoms with Crippen LogP contribution in [0.3, 0.4) is 0 Å². The van der Waals surface area contributed by atoms with Crippen molar-refractivity contribution in [3.8, 4) is 0 Å². The molecule has 4 atom stereocenters. The van der Waals surface area contributed by atoms with Crippen LogP contribution in [0.5, 0.6) is 0 Å². The number of carbonyl (C=O) groups excluding carboxylic acids is 1. The lowest BCUT2D eigenvalue weighted by Gasteiger charge is -2.37.